The number of hydrazone groups is 1. The maximum atomic E-state index is 5.67. The summed E-state index contributed by atoms with van der Waals surface area (Å²) < 4.78 is 16.5. The molecule has 0 saturated carbocycles. The van der Waals surface area contributed by atoms with Gasteiger partial charge < -0.3 is 19.5 Å². The van der Waals surface area contributed by atoms with Crippen molar-refractivity contribution in [1.29, 1.82) is 0 Å². The van der Waals surface area contributed by atoms with Crippen molar-refractivity contribution in [3.05, 3.63) is 66.7 Å². The Labute approximate surface area is 164 Å². The lowest BCUT2D eigenvalue weighted by molar-refractivity contribution is 0.216. The molecular weight excluding hydrogens is 362 g/mol. The van der Waals surface area contributed by atoms with E-state index >= 15 is 0 Å². The highest BCUT2D eigenvalue weighted by Gasteiger charge is 1.98. The summed E-state index contributed by atoms with van der Waals surface area (Å²) >= 11 is 5.04. The van der Waals surface area contributed by atoms with Crippen molar-refractivity contribution in [1.82, 2.24) is 10.7 Å². The van der Waals surface area contributed by atoms with Crippen molar-refractivity contribution in [2.45, 2.75) is 0 Å². The van der Waals surface area contributed by atoms with E-state index in [-0.39, 0.29) is 0 Å². The van der Waals surface area contributed by atoms with Crippen molar-refractivity contribution in [2.24, 2.45) is 5.10 Å². The Morgan fingerprint density at radius 3 is 2.48 bits per heavy atom. The van der Waals surface area contributed by atoms with Crippen LogP contribution in [0.4, 0.5) is 0 Å². The van der Waals surface area contributed by atoms with Gasteiger partial charge in [-0.3, -0.25) is 5.43 Å². The Morgan fingerprint density at radius 1 is 1.07 bits per heavy atom. The summed E-state index contributed by atoms with van der Waals surface area (Å²) in [5.41, 5.74) is 3.66. The zero-order chi connectivity index (χ0) is 19.3. The van der Waals surface area contributed by atoms with Crippen LogP contribution in [0.3, 0.4) is 0 Å². The second-order valence-corrected chi connectivity index (χ2v) is 5.72. The Morgan fingerprint density at radius 2 is 1.78 bits per heavy atom. The third-order valence-corrected chi connectivity index (χ3v) is 3.56. The number of rotatable bonds is 10. The summed E-state index contributed by atoms with van der Waals surface area (Å²) in [6, 6.07) is 15.0. The zero-order valence-corrected chi connectivity index (χ0v) is 16.0. The van der Waals surface area contributed by atoms with Gasteiger partial charge in [0.2, 0.25) is 0 Å². The highest BCUT2D eigenvalue weighted by Crippen LogP contribution is 2.18. The lowest BCUT2D eigenvalue weighted by Gasteiger charge is -2.09. The first kappa shape index (κ1) is 20.3. The van der Waals surface area contributed by atoms with Crippen LogP contribution in [0.1, 0.15) is 5.56 Å². The van der Waals surface area contributed by atoms with Crippen LogP contribution in [-0.2, 0) is 0 Å². The molecule has 0 radical (unpaired) electrons. The Kier molecular flexibility index (Phi) is 8.65. The molecule has 0 spiro atoms. The lowest BCUT2D eigenvalue weighted by atomic mass is 10.2. The fourth-order valence-electron chi connectivity index (χ4n) is 2.03. The van der Waals surface area contributed by atoms with Crippen molar-refractivity contribution in [3.8, 4) is 17.2 Å². The van der Waals surface area contributed by atoms with E-state index in [1.165, 1.54) is 0 Å². The molecule has 0 unspecified atom stereocenters. The number of benzene rings is 2. The second-order valence-electron chi connectivity index (χ2n) is 5.31. The predicted molar refractivity (Wildman–Crippen MR) is 112 cm³/mol. The summed E-state index contributed by atoms with van der Waals surface area (Å²) in [6.45, 7) is 5.08. The minimum absolute atomic E-state index is 0.440. The number of thiocarbonyl (C=S) groups is 1. The highest BCUT2D eigenvalue weighted by molar-refractivity contribution is 7.80. The van der Waals surface area contributed by atoms with E-state index < -0.39 is 0 Å². The Balaban J connectivity index is 1.70. The zero-order valence-electron chi connectivity index (χ0n) is 15.2. The molecule has 2 aromatic rings. The molecule has 0 aliphatic rings. The summed E-state index contributed by atoms with van der Waals surface area (Å²) in [6.07, 6.45) is 3.40. The molecule has 0 atom stereocenters. The molecule has 0 aliphatic heterocycles. The minimum atomic E-state index is 0.440. The summed E-state index contributed by atoms with van der Waals surface area (Å²) in [5, 5.41) is 7.43. The molecule has 0 fully saturated rings. The Bertz CT molecular complexity index is 763. The molecule has 0 aromatic heterocycles. The molecule has 2 aromatic carbocycles. The molecule has 27 heavy (non-hydrogen) atoms. The van der Waals surface area contributed by atoms with Gasteiger partial charge in [0, 0.05) is 12.6 Å². The monoisotopic (exact) mass is 385 g/mol. The van der Waals surface area contributed by atoms with Crippen molar-refractivity contribution >= 4 is 23.5 Å². The first-order chi connectivity index (χ1) is 13.2. The van der Waals surface area contributed by atoms with Gasteiger partial charge in [0.25, 0.3) is 0 Å². The minimum Gasteiger partial charge on any atom is -0.497 e. The number of ether oxygens (including phenoxy) is 3. The van der Waals surface area contributed by atoms with Crippen LogP contribution in [0.15, 0.2) is 66.3 Å². The molecule has 7 heteroatoms. The SMILES string of the molecule is C=CCNC(=S)NN=Cc1ccc(OCCOc2cccc(OC)c2)cc1. The van der Waals surface area contributed by atoms with E-state index in [0.29, 0.717) is 24.9 Å². The lowest BCUT2D eigenvalue weighted by Crippen LogP contribution is -2.31. The molecular formula is C20H23N3O3S. The van der Waals surface area contributed by atoms with Crippen LogP contribution in [-0.4, -0.2) is 38.2 Å². The first-order valence-electron chi connectivity index (χ1n) is 8.39. The molecule has 0 aliphatic carbocycles. The Hall–Kier alpha value is -3.06. The van der Waals surface area contributed by atoms with Gasteiger partial charge in [-0.25, -0.2) is 0 Å². The normalized spacial score (nSPS) is 10.3. The summed E-state index contributed by atoms with van der Waals surface area (Å²) in [7, 11) is 1.63. The maximum absolute atomic E-state index is 5.67. The summed E-state index contributed by atoms with van der Waals surface area (Å²) in [4.78, 5) is 0. The van der Waals surface area contributed by atoms with Crippen LogP contribution < -0.4 is 25.0 Å². The van der Waals surface area contributed by atoms with Crippen molar-refractivity contribution < 1.29 is 14.2 Å². The van der Waals surface area contributed by atoms with Gasteiger partial charge in [0.15, 0.2) is 5.11 Å². The van der Waals surface area contributed by atoms with E-state index in [0.717, 1.165) is 22.8 Å². The topological polar surface area (TPSA) is 64.1 Å². The van der Waals surface area contributed by atoms with Gasteiger partial charge in [-0.2, -0.15) is 5.10 Å². The van der Waals surface area contributed by atoms with Crippen LogP contribution >= 0.6 is 12.2 Å². The molecule has 6 nitrogen and oxygen atoms in total. The first-order valence-corrected chi connectivity index (χ1v) is 8.79. The van der Waals surface area contributed by atoms with E-state index in [1.54, 1.807) is 19.4 Å². The number of methoxy groups -OCH3 is 1. The van der Waals surface area contributed by atoms with E-state index in [1.807, 2.05) is 48.5 Å². The molecule has 0 amide bonds. The maximum Gasteiger partial charge on any atom is 0.187 e. The molecule has 2 rings (SSSR count). The second kappa shape index (κ2) is 11.5. The average molecular weight is 385 g/mol. The third kappa shape index (κ3) is 7.79. The van der Waals surface area contributed by atoms with Crippen molar-refractivity contribution in [2.75, 3.05) is 26.9 Å². The average Bonchev–Trinajstić information content (AvgIpc) is 2.71. The van der Waals surface area contributed by atoms with E-state index in [9.17, 15) is 0 Å². The van der Waals surface area contributed by atoms with Crippen LogP contribution in [0.5, 0.6) is 17.2 Å². The third-order valence-electron chi connectivity index (χ3n) is 3.33. The summed E-state index contributed by atoms with van der Waals surface area (Å²) in [5.74, 6) is 2.27. The molecule has 0 heterocycles. The number of nitrogens with zero attached hydrogens (tertiary/aromatic N) is 1. The van der Waals surface area contributed by atoms with Crippen molar-refractivity contribution in [3.63, 3.8) is 0 Å². The van der Waals surface area contributed by atoms with E-state index in [2.05, 4.69) is 22.4 Å². The quantitative estimate of drug-likeness (QED) is 0.215. The number of hydrogen-bond acceptors (Lipinski definition) is 5. The molecule has 0 bridgehead atoms. The highest BCUT2D eigenvalue weighted by atomic mass is 32.1. The van der Waals surface area contributed by atoms with Gasteiger partial charge in [0.1, 0.15) is 30.5 Å². The molecule has 142 valence electrons. The van der Waals surface area contributed by atoms with Gasteiger partial charge in [-0.15, -0.1) is 6.58 Å². The van der Waals surface area contributed by atoms with Gasteiger partial charge in [-0.05, 0) is 54.2 Å². The number of nitrogens with one attached hydrogen (secondary N) is 2. The van der Waals surface area contributed by atoms with Gasteiger partial charge in [0.05, 0.1) is 13.3 Å². The number of hydrogen-bond donors (Lipinski definition) is 2. The fraction of sp³-hybridized carbons (Fsp3) is 0.200. The van der Waals surface area contributed by atoms with Crippen LogP contribution in [0.2, 0.25) is 0 Å². The molecule has 2 N–H and O–H groups in total. The molecule has 0 saturated heterocycles. The van der Waals surface area contributed by atoms with E-state index in [4.69, 9.17) is 26.4 Å². The van der Waals surface area contributed by atoms with Crippen LogP contribution in [0.25, 0.3) is 0 Å². The van der Waals surface area contributed by atoms with Gasteiger partial charge in [-0.1, -0.05) is 12.1 Å². The predicted octanol–water partition coefficient (Wildman–Crippen LogP) is 3.14. The smallest absolute Gasteiger partial charge is 0.187 e. The standard InChI is InChI=1S/C20H23N3O3S/c1-3-11-21-20(27)23-22-15-16-7-9-17(10-8-16)25-12-13-26-19-6-4-5-18(14-19)24-2/h3-10,14-15H,1,11-13H2,2H3,(H2,21,23,27). The van der Waals surface area contributed by atoms with Crippen LogP contribution in [0, 0.1) is 0 Å². The fourth-order valence-corrected chi connectivity index (χ4v) is 2.17. The largest absolute Gasteiger partial charge is 0.497 e. The van der Waals surface area contributed by atoms with Gasteiger partial charge >= 0.3 is 0 Å².